The Balaban J connectivity index is 2.55. The third-order valence-electron chi connectivity index (χ3n) is 2.98. The van der Waals surface area contributed by atoms with E-state index in [2.05, 4.69) is 24.0 Å². The third kappa shape index (κ3) is 5.98. The number of rotatable bonds is 8. The first-order valence-electron chi connectivity index (χ1n) is 6.53. The Morgan fingerprint density at radius 1 is 1.16 bits per heavy atom. The molecule has 3 nitrogen and oxygen atoms in total. The molecule has 1 aromatic rings. The highest BCUT2D eigenvalue weighted by Gasteiger charge is 2.11. The molecule has 1 atom stereocenters. The fourth-order valence-corrected chi connectivity index (χ4v) is 1.96. The van der Waals surface area contributed by atoms with E-state index in [0.29, 0.717) is 5.92 Å². The number of hydrazine groups is 1. The standard InChI is InChI=1S/C14H22F2N2O/c1-10(2)4-3-5-13(18-17)11-6-8-12(9-7-11)19-14(15)16/h6-10,13-14,18H,3-5,17H2,1-2H3. The van der Waals surface area contributed by atoms with Crippen LogP contribution in [0.1, 0.15) is 44.7 Å². The molecular formula is C14H22F2N2O. The molecule has 0 saturated carbocycles. The highest BCUT2D eigenvalue weighted by atomic mass is 19.3. The van der Waals surface area contributed by atoms with Crippen molar-refractivity contribution in [3.63, 3.8) is 0 Å². The summed E-state index contributed by atoms with van der Waals surface area (Å²) >= 11 is 0. The smallest absolute Gasteiger partial charge is 0.387 e. The maximum absolute atomic E-state index is 12.0. The van der Waals surface area contributed by atoms with Gasteiger partial charge in [-0.2, -0.15) is 8.78 Å². The monoisotopic (exact) mass is 272 g/mol. The van der Waals surface area contributed by atoms with Crippen molar-refractivity contribution in [3.8, 4) is 5.75 Å². The second-order valence-electron chi connectivity index (χ2n) is 4.99. The molecule has 1 unspecified atom stereocenters. The zero-order valence-electron chi connectivity index (χ0n) is 11.4. The molecule has 1 rings (SSSR count). The Morgan fingerprint density at radius 3 is 2.26 bits per heavy atom. The predicted molar refractivity (Wildman–Crippen MR) is 71.8 cm³/mol. The van der Waals surface area contributed by atoms with Gasteiger partial charge in [-0.25, -0.2) is 0 Å². The summed E-state index contributed by atoms with van der Waals surface area (Å²) in [4.78, 5) is 0. The van der Waals surface area contributed by atoms with Crippen molar-refractivity contribution < 1.29 is 13.5 Å². The molecule has 0 aliphatic rings. The van der Waals surface area contributed by atoms with Crippen LogP contribution in [0.2, 0.25) is 0 Å². The van der Waals surface area contributed by atoms with Gasteiger partial charge in [-0.1, -0.05) is 38.8 Å². The topological polar surface area (TPSA) is 47.3 Å². The number of halogens is 2. The second-order valence-corrected chi connectivity index (χ2v) is 4.99. The van der Waals surface area contributed by atoms with Crippen molar-refractivity contribution in [2.45, 2.75) is 45.8 Å². The molecule has 1 aromatic carbocycles. The Labute approximate surface area is 113 Å². The van der Waals surface area contributed by atoms with Crippen molar-refractivity contribution in [1.29, 1.82) is 0 Å². The number of alkyl halides is 2. The van der Waals surface area contributed by atoms with Gasteiger partial charge in [-0.05, 0) is 30.0 Å². The molecule has 0 fully saturated rings. The maximum Gasteiger partial charge on any atom is 0.387 e. The molecule has 0 spiro atoms. The Hall–Kier alpha value is -1.20. The first-order valence-corrected chi connectivity index (χ1v) is 6.53. The molecule has 108 valence electrons. The van der Waals surface area contributed by atoms with E-state index in [0.717, 1.165) is 24.8 Å². The SMILES string of the molecule is CC(C)CCCC(NN)c1ccc(OC(F)F)cc1. The summed E-state index contributed by atoms with van der Waals surface area (Å²) < 4.78 is 28.4. The molecule has 0 bridgehead atoms. The Morgan fingerprint density at radius 2 is 1.79 bits per heavy atom. The molecule has 19 heavy (non-hydrogen) atoms. The van der Waals surface area contributed by atoms with Crippen molar-refractivity contribution in [1.82, 2.24) is 5.43 Å². The van der Waals surface area contributed by atoms with Crippen molar-refractivity contribution in [3.05, 3.63) is 29.8 Å². The van der Waals surface area contributed by atoms with Crippen LogP contribution in [-0.4, -0.2) is 6.61 Å². The summed E-state index contributed by atoms with van der Waals surface area (Å²) in [6, 6.07) is 6.64. The van der Waals surface area contributed by atoms with E-state index in [1.54, 1.807) is 12.1 Å². The Bertz CT molecular complexity index is 355. The van der Waals surface area contributed by atoms with E-state index in [1.165, 1.54) is 12.1 Å². The number of hydrogen-bond acceptors (Lipinski definition) is 3. The zero-order chi connectivity index (χ0) is 14.3. The van der Waals surface area contributed by atoms with E-state index in [-0.39, 0.29) is 11.8 Å². The molecule has 0 aromatic heterocycles. The summed E-state index contributed by atoms with van der Waals surface area (Å²) in [5.74, 6) is 6.37. The summed E-state index contributed by atoms with van der Waals surface area (Å²) in [7, 11) is 0. The highest BCUT2D eigenvalue weighted by molar-refractivity contribution is 5.29. The first-order chi connectivity index (χ1) is 9.02. The van der Waals surface area contributed by atoms with Crippen LogP contribution in [0.15, 0.2) is 24.3 Å². The van der Waals surface area contributed by atoms with Gasteiger partial charge in [0.1, 0.15) is 5.75 Å². The van der Waals surface area contributed by atoms with Gasteiger partial charge in [0, 0.05) is 6.04 Å². The molecule has 0 saturated heterocycles. The van der Waals surface area contributed by atoms with Crippen LogP contribution in [0.4, 0.5) is 8.78 Å². The summed E-state index contributed by atoms with van der Waals surface area (Å²) in [6.45, 7) is 1.57. The number of nitrogens with two attached hydrogens (primary N) is 1. The van der Waals surface area contributed by atoms with Gasteiger partial charge in [-0.3, -0.25) is 11.3 Å². The third-order valence-corrected chi connectivity index (χ3v) is 2.98. The van der Waals surface area contributed by atoms with E-state index in [4.69, 9.17) is 5.84 Å². The number of ether oxygens (including phenoxy) is 1. The lowest BCUT2D eigenvalue weighted by Crippen LogP contribution is -2.28. The average Bonchev–Trinajstić information content (AvgIpc) is 2.35. The molecule has 5 heteroatoms. The lowest BCUT2D eigenvalue weighted by atomic mass is 9.98. The van der Waals surface area contributed by atoms with Gasteiger partial charge in [-0.15, -0.1) is 0 Å². The summed E-state index contributed by atoms with van der Waals surface area (Å²) in [5.41, 5.74) is 3.74. The minimum Gasteiger partial charge on any atom is -0.435 e. The average molecular weight is 272 g/mol. The summed E-state index contributed by atoms with van der Waals surface area (Å²) in [5, 5.41) is 0. The highest BCUT2D eigenvalue weighted by Crippen LogP contribution is 2.23. The fraction of sp³-hybridized carbons (Fsp3) is 0.571. The van der Waals surface area contributed by atoms with Crippen LogP contribution >= 0.6 is 0 Å². The largest absolute Gasteiger partial charge is 0.435 e. The van der Waals surface area contributed by atoms with Crippen LogP contribution in [0.25, 0.3) is 0 Å². The van der Waals surface area contributed by atoms with Gasteiger partial charge < -0.3 is 4.74 Å². The maximum atomic E-state index is 12.0. The lowest BCUT2D eigenvalue weighted by Gasteiger charge is -2.17. The normalized spacial score (nSPS) is 13.0. The molecule has 0 heterocycles. The van der Waals surface area contributed by atoms with Gasteiger partial charge in [0.2, 0.25) is 0 Å². The number of benzene rings is 1. The number of nitrogens with one attached hydrogen (secondary N) is 1. The fourth-order valence-electron chi connectivity index (χ4n) is 1.96. The van der Waals surface area contributed by atoms with E-state index < -0.39 is 6.61 Å². The van der Waals surface area contributed by atoms with Crippen LogP contribution in [0.3, 0.4) is 0 Å². The molecule has 0 aliphatic carbocycles. The molecule has 0 amide bonds. The van der Waals surface area contributed by atoms with Gasteiger partial charge in [0.05, 0.1) is 0 Å². The van der Waals surface area contributed by atoms with E-state index in [9.17, 15) is 8.78 Å². The van der Waals surface area contributed by atoms with Crippen LogP contribution in [-0.2, 0) is 0 Å². The first kappa shape index (κ1) is 15.9. The van der Waals surface area contributed by atoms with Gasteiger partial charge in [0.25, 0.3) is 0 Å². The minimum atomic E-state index is -2.79. The molecule has 0 radical (unpaired) electrons. The minimum absolute atomic E-state index is 0.0411. The molecule has 3 N–H and O–H groups in total. The molecular weight excluding hydrogens is 250 g/mol. The second kappa shape index (κ2) is 8.07. The van der Waals surface area contributed by atoms with E-state index >= 15 is 0 Å². The zero-order valence-corrected chi connectivity index (χ0v) is 11.4. The molecule has 0 aliphatic heterocycles. The van der Waals surface area contributed by atoms with E-state index in [1.807, 2.05) is 0 Å². The van der Waals surface area contributed by atoms with Gasteiger partial charge in [0.15, 0.2) is 0 Å². The lowest BCUT2D eigenvalue weighted by molar-refractivity contribution is -0.0498. The van der Waals surface area contributed by atoms with Crippen molar-refractivity contribution >= 4 is 0 Å². The van der Waals surface area contributed by atoms with Crippen LogP contribution < -0.4 is 16.0 Å². The van der Waals surface area contributed by atoms with Crippen LogP contribution in [0.5, 0.6) is 5.75 Å². The van der Waals surface area contributed by atoms with Gasteiger partial charge >= 0.3 is 6.61 Å². The van der Waals surface area contributed by atoms with Crippen molar-refractivity contribution in [2.24, 2.45) is 11.8 Å². The predicted octanol–water partition coefficient (Wildman–Crippen LogP) is 3.62. The Kier molecular flexibility index (Phi) is 6.73. The number of hydrogen-bond donors (Lipinski definition) is 2. The summed E-state index contributed by atoms with van der Waals surface area (Å²) in [6.07, 6.45) is 3.14. The van der Waals surface area contributed by atoms with Crippen molar-refractivity contribution in [2.75, 3.05) is 0 Å². The van der Waals surface area contributed by atoms with Crippen LogP contribution in [0, 0.1) is 5.92 Å². The quantitative estimate of drug-likeness (QED) is 0.561.